The monoisotopic (exact) mass is 785 g/mol. The summed E-state index contributed by atoms with van der Waals surface area (Å²) in [5.74, 6) is -1.13. The second kappa shape index (κ2) is 44.3. The van der Waals surface area contributed by atoms with Gasteiger partial charge in [0, 0.05) is 19.3 Å². The molecule has 57 heavy (non-hydrogen) atoms. The molecule has 6 nitrogen and oxygen atoms in total. The van der Waals surface area contributed by atoms with E-state index in [0.29, 0.717) is 25.7 Å². The Balaban J connectivity index is 4.68. The van der Waals surface area contributed by atoms with Crippen molar-refractivity contribution in [2.24, 2.45) is 0 Å². The topological polar surface area (TPSA) is 78.9 Å². The molecular formula is C51H76O6. The number of hydrogen-bond donors (Lipinski definition) is 0. The van der Waals surface area contributed by atoms with Crippen LogP contribution in [0.3, 0.4) is 0 Å². The molecule has 0 rings (SSSR count). The molecule has 0 heterocycles. The highest BCUT2D eigenvalue weighted by atomic mass is 16.6. The number of hydrogen-bond acceptors (Lipinski definition) is 6. The number of ether oxygens (including phenoxy) is 3. The number of carbonyl (C=O) groups is 3. The van der Waals surface area contributed by atoms with E-state index in [2.05, 4.69) is 45.1 Å². The maximum atomic E-state index is 12.7. The lowest BCUT2D eigenvalue weighted by atomic mass is 10.1. The van der Waals surface area contributed by atoms with Crippen LogP contribution in [-0.2, 0) is 28.6 Å². The standard InChI is InChI=1S/C51H76O6/c1-4-7-10-13-16-19-22-25-28-31-34-37-40-43-49(52)55-46-48(57-51(54)45-42-39-36-33-30-27-24-21-18-15-12-9-6-3)47-56-50(53)44-41-38-35-32-29-26-23-20-17-14-11-8-5-2/h7,9-10,12-13,15-16,18-19,21-22,24-31,33-34,36,48H,4-6,8,11,14,17,20,23,32,35,37-47H2,1-3H3/b10-7+,12-9+,16-13+,18-15+,22-19+,24-21+,28-25+,29-26+,30-27+,34-31+,36-33+. The number of carbonyl (C=O) groups excluding carboxylic acids is 3. The van der Waals surface area contributed by atoms with Crippen LogP contribution in [0, 0.1) is 0 Å². The largest absolute Gasteiger partial charge is 0.462 e. The smallest absolute Gasteiger partial charge is 0.306 e. The third-order valence-electron chi connectivity index (χ3n) is 8.38. The van der Waals surface area contributed by atoms with Crippen molar-refractivity contribution in [1.29, 1.82) is 0 Å². The Labute approximate surface area is 347 Å². The summed E-state index contributed by atoms with van der Waals surface area (Å²) in [5.41, 5.74) is 0. The second-order valence-electron chi connectivity index (χ2n) is 13.7. The Hall–Kier alpha value is -4.45. The first kappa shape index (κ1) is 52.6. The zero-order valence-corrected chi connectivity index (χ0v) is 35.8. The van der Waals surface area contributed by atoms with Crippen molar-refractivity contribution in [2.75, 3.05) is 13.2 Å². The van der Waals surface area contributed by atoms with Gasteiger partial charge >= 0.3 is 17.9 Å². The predicted octanol–water partition coefficient (Wildman–Crippen LogP) is 14.0. The van der Waals surface area contributed by atoms with Crippen molar-refractivity contribution in [3.05, 3.63) is 134 Å². The average Bonchev–Trinajstić information content (AvgIpc) is 3.21. The number of unbranched alkanes of at least 4 members (excludes halogenated alkanes) is 11. The summed E-state index contributed by atoms with van der Waals surface area (Å²) in [6.07, 6.45) is 61.6. The van der Waals surface area contributed by atoms with Gasteiger partial charge in [-0.3, -0.25) is 14.4 Å². The Morgan fingerprint density at radius 1 is 0.368 bits per heavy atom. The van der Waals surface area contributed by atoms with Crippen molar-refractivity contribution in [3.63, 3.8) is 0 Å². The summed E-state index contributed by atoms with van der Waals surface area (Å²) in [7, 11) is 0. The second-order valence-corrected chi connectivity index (χ2v) is 13.7. The van der Waals surface area contributed by atoms with Gasteiger partial charge in [0.15, 0.2) is 6.10 Å². The lowest BCUT2D eigenvalue weighted by molar-refractivity contribution is -0.167. The quantitative estimate of drug-likeness (QED) is 0.0207. The maximum absolute atomic E-state index is 12.7. The fourth-order valence-corrected chi connectivity index (χ4v) is 5.14. The highest BCUT2D eigenvalue weighted by Crippen LogP contribution is 2.10. The lowest BCUT2D eigenvalue weighted by Crippen LogP contribution is -2.30. The van der Waals surface area contributed by atoms with E-state index in [1.807, 2.05) is 109 Å². The average molecular weight is 785 g/mol. The summed E-state index contributed by atoms with van der Waals surface area (Å²) in [5, 5.41) is 0. The molecule has 0 spiro atoms. The van der Waals surface area contributed by atoms with Crippen molar-refractivity contribution in [2.45, 2.75) is 155 Å². The van der Waals surface area contributed by atoms with Gasteiger partial charge in [0.1, 0.15) is 13.2 Å². The van der Waals surface area contributed by atoms with Crippen molar-refractivity contribution in [1.82, 2.24) is 0 Å². The first-order valence-electron chi connectivity index (χ1n) is 21.8. The molecule has 0 aromatic carbocycles. The van der Waals surface area contributed by atoms with Gasteiger partial charge in [-0.2, -0.15) is 0 Å². The van der Waals surface area contributed by atoms with Crippen LogP contribution in [0.4, 0.5) is 0 Å². The Morgan fingerprint density at radius 3 is 1.18 bits per heavy atom. The van der Waals surface area contributed by atoms with E-state index in [9.17, 15) is 14.4 Å². The minimum atomic E-state index is -0.852. The molecule has 0 aliphatic heterocycles. The minimum Gasteiger partial charge on any atom is -0.462 e. The molecule has 6 heteroatoms. The molecule has 0 fully saturated rings. The van der Waals surface area contributed by atoms with E-state index >= 15 is 0 Å². The molecule has 316 valence electrons. The van der Waals surface area contributed by atoms with Gasteiger partial charge in [0.05, 0.1) is 0 Å². The molecule has 0 saturated heterocycles. The minimum absolute atomic E-state index is 0.143. The van der Waals surface area contributed by atoms with E-state index in [1.165, 1.54) is 38.5 Å². The summed E-state index contributed by atoms with van der Waals surface area (Å²) in [4.78, 5) is 37.6. The van der Waals surface area contributed by atoms with Crippen LogP contribution in [0.25, 0.3) is 0 Å². The molecule has 0 aromatic heterocycles. The summed E-state index contributed by atoms with van der Waals surface area (Å²) in [6.45, 7) is 6.15. The highest BCUT2D eigenvalue weighted by Gasteiger charge is 2.19. The normalized spacial score (nSPS) is 13.4. The highest BCUT2D eigenvalue weighted by molar-refractivity contribution is 5.71. The van der Waals surface area contributed by atoms with E-state index in [0.717, 1.165) is 51.4 Å². The van der Waals surface area contributed by atoms with Gasteiger partial charge in [-0.25, -0.2) is 0 Å². The Bertz CT molecular complexity index is 1320. The SMILES string of the molecule is CC/C=C/C=C/C=C/C=C/C=C/CCCC(=O)OCC(COC(=O)CCCCC/C=C/CCCCCCCC)OC(=O)CCC/C=C/C=C/C=C/C=C/C=C/CC. The molecule has 0 amide bonds. The molecular weight excluding hydrogens is 709 g/mol. The van der Waals surface area contributed by atoms with Crippen LogP contribution in [0.15, 0.2) is 134 Å². The van der Waals surface area contributed by atoms with Gasteiger partial charge in [0.2, 0.25) is 0 Å². The zero-order chi connectivity index (χ0) is 41.5. The summed E-state index contributed by atoms with van der Waals surface area (Å²) in [6, 6.07) is 0. The van der Waals surface area contributed by atoms with Gasteiger partial charge < -0.3 is 14.2 Å². The third-order valence-corrected chi connectivity index (χ3v) is 8.38. The fourth-order valence-electron chi connectivity index (χ4n) is 5.14. The third kappa shape index (κ3) is 42.5. The number of rotatable bonds is 36. The van der Waals surface area contributed by atoms with Crippen molar-refractivity contribution in [3.8, 4) is 0 Å². The molecule has 0 aromatic rings. The lowest BCUT2D eigenvalue weighted by Gasteiger charge is -2.18. The van der Waals surface area contributed by atoms with E-state index in [1.54, 1.807) is 0 Å². The van der Waals surface area contributed by atoms with Crippen LogP contribution in [0.1, 0.15) is 149 Å². The van der Waals surface area contributed by atoms with Crippen LogP contribution in [-0.4, -0.2) is 37.2 Å². The molecule has 0 bridgehead atoms. The molecule has 0 saturated carbocycles. The maximum Gasteiger partial charge on any atom is 0.306 e. The molecule has 0 aliphatic rings. The molecule has 1 unspecified atom stereocenters. The van der Waals surface area contributed by atoms with Crippen molar-refractivity contribution >= 4 is 17.9 Å². The molecule has 1 atom stereocenters. The predicted molar refractivity (Wildman–Crippen MR) is 242 cm³/mol. The summed E-state index contributed by atoms with van der Waals surface area (Å²) < 4.78 is 16.5. The summed E-state index contributed by atoms with van der Waals surface area (Å²) >= 11 is 0. The zero-order valence-electron chi connectivity index (χ0n) is 35.8. The number of esters is 3. The van der Waals surface area contributed by atoms with Gasteiger partial charge in [-0.15, -0.1) is 0 Å². The first-order chi connectivity index (χ1) is 28.0. The van der Waals surface area contributed by atoms with E-state index in [-0.39, 0.29) is 38.0 Å². The van der Waals surface area contributed by atoms with Gasteiger partial charge in [0.25, 0.3) is 0 Å². The van der Waals surface area contributed by atoms with E-state index < -0.39 is 12.1 Å². The Kier molecular flexibility index (Phi) is 40.8. The molecule has 0 aliphatic carbocycles. The molecule has 0 N–H and O–H groups in total. The van der Waals surface area contributed by atoms with Crippen LogP contribution < -0.4 is 0 Å². The van der Waals surface area contributed by atoms with Gasteiger partial charge in [-0.1, -0.05) is 193 Å². The van der Waals surface area contributed by atoms with E-state index in [4.69, 9.17) is 14.2 Å². The van der Waals surface area contributed by atoms with Crippen molar-refractivity contribution < 1.29 is 28.6 Å². The van der Waals surface area contributed by atoms with Gasteiger partial charge in [-0.05, 0) is 70.6 Å². The van der Waals surface area contributed by atoms with Crippen LogP contribution in [0.5, 0.6) is 0 Å². The van der Waals surface area contributed by atoms with Crippen LogP contribution in [0.2, 0.25) is 0 Å². The number of allylic oxidation sites excluding steroid dienone is 22. The first-order valence-corrected chi connectivity index (χ1v) is 21.8. The van der Waals surface area contributed by atoms with Crippen LogP contribution >= 0.6 is 0 Å². The fraction of sp³-hybridized carbons (Fsp3) is 0.510. The Morgan fingerprint density at radius 2 is 0.719 bits per heavy atom. The molecule has 0 radical (unpaired) electrons.